The molecule has 0 nitrogen and oxygen atoms in total. The minimum atomic E-state index is 1.15. The van der Waals surface area contributed by atoms with Crippen LogP contribution in [0.3, 0.4) is 0 Å². The van der Waals surface area contributed by atoms with Crippen LogP contribution in [0.25, 0.3) is 0 Å². The van der Waals surface area contributed by atoms with Crippen molar-refractivity contribution in [1.82, 2.24) is 0 Å². The molecule has 0 aliphatic heterocycles. The van der Waals surface area contributed by atoms with Gasteiger partial charge in [-0.25, -0.2) is 0 Å². The molecule has 0 heterocycles. The van der Waals surface area contributed by atoms with Crippen molar-refractivity contribution in [3.8, 4) is 0 Å². The SMILES string of the molecule is C=C/C=C(\C)C=C.CC.CC.CC. The first-order chi connectivity index (χ1) is 6.31. The van der Waals surface area contributed by atoms with Crippen molar-refractivity contribution < 1.29 is 0 Å². The average molecular weight is 184 g/mol. The summed E-state index contributed by atoms with van der Waals surface area (Å²) in [6, 6.07) is 0. The topological polar surface area (TPSA) is 0 Å². The van der Waals surface area contributed by atoms with E-state index >= 15 is 0 Å². The van der Waals surface area contributed by atoms with Gasteiger partial charge in [0.05, 0.1) is 0 Å². The van der Waals surface area contributed by atoms with E-state index < -0.39 is 0 Å². The Hall–Kier alpha value is -0.780. The highest BCUT2D eigenvalue weighted by Gasteiger charge is 1.68. The van der Waals surface area contributed by atoms with Crippen molar-refractivity contribution in [1.29, 1.82) is 0 Å². The summed E-state index contributed by atoms with van der Waals surface area (Å²) in [6.07, 6.45) is 5.45. The molecule has 0 N–H and O–H groups in total. The van der Waals surface area contributed by atoms with Crippen molar-refractivity contribution in [3.05, 3.63) is 37.0 Å². The molecule has 0 aromatic carbocycles. The lowest BCUT2D eigenvalue weighted by Crippen LogP contribution is -1.58. The Bertz CT molecular complexity index is 96.6. The van der Waals surface area contributed by atoms with Crippen LogP contribution in [0.1, 0.15) is 48.5 Å². The first-order valence-electron chi connectivity index (χ1n) is 5.23. The molecule has 0 saturated heterocycles. The van der Waals surface area contributed by atoms with Gasteiger partial charge in [0.1, 0.15) is 0 Å². The molecule has 0 heteroatoms. The molecule has 0 aliphatic rings. The van der Waals surface area contributed by atoms with Gasteiger partial charge in [-0.1, -0.05) is 78.5 Å². The van der Waals surface area contributed by atoms with Gasteiger partial charge in [0, 0.05) is 0 Å². The molecule has 80 valence electrons. The summed E-state index contributed by atoms with van der Waals surface area (Å²) in [4.78, 5) is 0. The summed E-state index contributed by atoms with van der Waals surface area (Å²) in [5, 5.41) is 0. The van der Waals surface area contributed by atoms with Gasteiger partial charge in [0.15, 0.2) is 0 Å². The fourth-order valence-electron chi connectivity index (χ4n) is 0.254. The molecule has 0 fully saturated rings. The van der Waals surface area contributed by atoms with E-state index in [0.717, 1.165) is 5.57 Å². The lowest BCUT2D eigenvalue weighted by Gasteiger charge is -1.80. The second kappa shape index (κ2) is 43.0. The molecule has 0 atom stereocenters. The number of allylic oxidation sites excluding steroid dienone is 4. The lowest BCUT2D eigenvalue weighted by atomic mass is 10.3. The largest absolute Gasteiger partial charge is 0.0991 e. The Morgan fingerprint density at radius 3 is 1.23 bits per heavy atom. The van der Waals surface area contributed by atoms with Crippen LogP contribution in [0.5, 0.6) is 0 Å². The van der Waals surface area contributed by atoms with E-state index in [4.69, 9.17) is 0 Å². The molecule has 0 rings (SSSR count). The van der Waals surface area contributed by atoms with Crippen LogP contribution < -0.4 is 0 Å². The van der Waals surface area contributed by atoms with Crippen LogP contribution in [0.2, 0.25) is 0 Å². The quantitative estimate of drug-likeness (QED) is 0.505. The number of hydrogen-bond donors (Lipinski definition) is 0. The van der Waals surface area contributed by atoms with Crippen molar-refractivity contribution in [2.45, 2.75) is 48.5 Å². The molecule has 0 aromatic heterocycles. The molecule has 0 radical (unpaired) electrons. The summed E-state index contributed by atoms with van der Waals surface area (Å²) in [5.41, 5.74) is 1.15. The van der Waals surface area contributed by atoms with Crippen LogP contribution in [0, 0.1) is 0 Å². The van der Waals surface area contributed by atoms with Gasteiger partial charge < -0.3 is 0 Å². The van der Waals surface area contributed by atoms with Gasteiger partial charge in [-0.3, -0.25) is 0 Å². The molecular weight excluding hydrogens is 156 g/mol. The lowest BCUT2D eigenvalue weighted by molar-refractivity contribution is 1.50. The Morgan fingerprint density at radius 1 is 0.846 bits per heavy atom. The molecule has 0 amide bonds. The zero-order valence-corrected chi connectivity index (χ0v) is 10.6. The highest BCUT2D eigenvalue weighted by Crippen LogP contribution is 1.90. The van der Waals surface area contributed by atoms with E-state index in [1.165, 1.54) is 0 Å². The molecule has 0 saturated carbocycles. The molecule has 13 heavy (non-hydrogen) atoms. The maximum Gasteiger partial charge on any atom is -0.0398 e. The zero-order chi connectivity index (χ0) is 11.7. The van der Waals surface area contributed by atoms with Crippen molar-refractivity contribution >= 4 is 0 Å². The predicted octanol–water partition coefficient (Wildman–Crippen LogP) is 5.38. The maximum atomic E-state index is 3.56. The van der Waals surface area contributed by atoms with E-state index in [9.17, 15) is 0 Å². The highest BCUT2D eigenvalue weighted by molar-refractivity contribution is 5.17. The van der Waals surface area contributed by atoms with Gasteiger partial charge in [0.25, 0.3) is 0 Å². The molecular formula is C13H28. The summed E-state index contributed by atoms with van der Waals surface area (Å²) in [6.45, 7) is 21.1. The summed E-state index contributed by atoms with van der Waals surface area (Å²) >= 11 is 0. The first kappa shape index (κ1) is 22.8. The van der Waals surface area contributed by atoms with E-state index in [2.05, 4.69) is 13.2 Å². The van der Waals surface area contributed by atoms with Crippen LogP contribution in [-0.4, -0.2) is 0 Å². The summed E-state index contributed by atoms with van der Waals surface area (Å²) in [7, 11) is 0. The fraction of sp³-hybridized carbons (Fsp3) is 0.538. The highest BCUT2D eigenvalue weighted by atomic mass is 13.8. The molecule has 0 aromatic rings. The minimum Gasteiger partial charge on any atom is -0.0991 e. The fourth-order valence-corrected chi connectivity index (χ4v) is 0.254. The second-order valence-electron chi connectivity index (χ2n) is 1.35. The molecule has 0 spiro atoms. The molecule has 0 unspecified atom stereocenters. The zero-order valence-electron chi connectivity index (χ0n) is 10.6. The van der Waals surface area contributed by atoms with E-state index in [-0.39, 0.29) is 0 Å². The predicted molar refractivity (Wildman–Crippen MR) is 68.2 cm³/mol. The minimum absolute atomic E-state index is 1.15. The standard InChI is InChI=1S/C7H10.3C2H6/c1-4-6-7(3)5-2;3*1-2/h4-6H,1-2H2,3H3;3*1-2H3/b7-6+;;;. The van der Waals surface area contributed by atoms with E-state index in [1.54, 1.807) is 12.2 Å². The summed E-state index contributed by atoms with van der Waals surface area (Å²) in [5.74, 6) is 0. The number of hydrogen-bond acceptors (Lipinski definition) is 0. The van der Waals surface area contributed by atoms with Crippen LogP contribution in [-0.2, 0) is 0 Å². The van der Waals surface area contributed by atoms with Crippen LogP contribution in [0.15, 0.2) is 37.0 Å². The Balaban J connectivity index is -0.0000000573. The Labute approximate surface area is 86.1 Å². The summed E-state index contributed by atoms with van der Waals surface area (Å²) < 4.78 is 0. The van der Waals surface area contributed by atoms with E-state index in [0.29, 0.717) is 0 Å². The van der Waals surface area contributed by atoms with Crippen LogP contribution >= 0.6 is 0 Å². The van der Waals surface area contributed by atoms with E-state index in [1.807, 2.05) is 54.5 Å². The van der Waals surface area contributed by atoms with Gasteiger partial charge in [-0.15, -0.1) is 0 Å². The van der Waals surface area contributed by atoms with Crippen molar-refractivity contribution in [3.63, 3.8) is 0 Å². The average Bonchev–Trinajstić information content (AvgIpc) is 2.27. The third-order valence-electron chi connectivity index (χ3n) is 0.703. The van der Waals surface area contributed by atoms with Gasteiger partial charge in [-0.05, 0) is 6.92 Å². The van der Waals surface area contributed by atoms with Gasteiger partial charge >= 0.3 is 0 Å². The Kier molecular flexibility index (Phi) is 75.3. The smallest absolute Gasteiger partial charge is 0.0398 e. The normalized spacial score (nSPS) is 7.15. The first-order valence-corrected chi connectivity index (χ1v) is 5.23. The van der Waals surface area contributed by atoms with Gasteiger partial charge in [0.2, 0.25) is 0 Å². The van der Waals surface area contributed by atoms with Gasteiger partial charge in [-0.2, -0.15) is 0 Å². The third kappa shape index (κ3) is 53.6. The maximum absolute atomic E-state index is 3.56. The van der Waals surface area contributed by atoms with Crippen molar-refractivity contribution in [2.24, 2.45) is 0 Å². The molecule has 0 aliphatic carbocycles. The molecule has 0 bridgehead atoms. The van der Waals surface area contributed by atoms with Crippen molar-refractivity contribution in [2.75, 3.05) is 0 Å². The Morgan fingerprint density at radius 2 is 1.15 bits per heavy atom. The van der Waals surface area contributed by atoms with Crippen LogP contribution in [0.4, 0.5) is 0 Å². The number of rotatable bonds is 2. The second-order valence-corrected chi connectivity index (χ2v) is 1.35. The monoisotopic (exact) mass is 184 g/mol. The third-order valence-corrected chi connectivity index (χ3v) is 0.703.